The van der Waals surface area contributed by atoms with E-state index in [1.165, 1.54) is 6.20 Å². The molecule has 1 aliphatic rings. The van der Waals surface area contributed by atoms with E-state index < -0.39 is 15.6 Å². The topological polar surface area (TPSA) is 64.0 Å². The molecule has 1 saturated carbocycles. The molecule has 1 fully saturated rings. The van der Waals surface area contributed by atoms with E-state index >= 15 is 0 Å². The summed E-state index contributed by atoms with van der Waals surface area (Å²) in [5.41, 5.74) is 0.470. The molecule has 1 heterocycles. The maximum Gasteiger partial charge on any atom is 0.244 e. The predicted octanol–water partition coefficient (Wildman–Crippen LogP) is 3.80. The van der Waals surface area contributed by atoms with Crippen LogP contribution in [0.15, 0.2) is 46.0 Å². The quantitative estimate of drug-likeness (QED) is 0.813. The molecular formula is C17H22BrN3O2S. The van der Waals surface area contributed by atoms with Gasteiger partial charge in [-0.1, -0.05) is 47.3 Å². The van der Waals surface area contributed by atoms with Crippen molar-refractivity contribution in [2.45, 2.75) is 56.0 Å². The first-order valence-corrected chi connectivity index (χ1v) is 10.6. The number of rotatable bonds is 5. The summed E-state index contributed by atoms with van der Waals surface area (Å²) in [5.74, 6) is 0. The van der Waals surface area contributed by atoms with E-state index in [1.807, 2.05) is 31.2 Å². The average Bonchev–Trinajstić information content (AvgIpc) is 3.05. The molecule has 5 nitrogen and oxygen atoms in total. The number of nitrogens with one attached hydrogen (secondary N) is 1. The lowest BCUT2D eigenvalue weighted by molar-refractivity contribution is 0.273. The third-order valence-corrected chi connectivity index (χ3v) is 6.64. The van der Waals surface area contributed by atoms with Crippen LogP contribution >= 0.6 is 15.9 Å². The summed E-state index contributed by atoms with van der Waals surface area (Å²) in [6.07, 6.45) is 7.80. The lowest BCUT2D eigenvalue weighted by atomic mass is 9.77. The number of halogens is 1. The Balaban J connectivity index is 1.98. The molecule has 1 aliphatic carbocycles. The minimum Gasteiger partial charge on any atom is -0.272 e. The van der Waals surface area contributed by atoms with E-state index in [0.717, 1.165) is 42.1 Å². The minimum atomic E-state index is -3.62. The smallest absolute Gasteiger partial charge is 0.244 e. The summed E-state index contributed by atoms with van der Waals surface area (Å²) in [5, 5.41) is 4.09. The van der Waals surface area contributed by atoms with Gasteiger partial charge in [-0.3, -0.25) is 4.68 Å². The van der Waals surface area contributed by atoms with Gasteiger partial charge >= 0.3 is 0 Å². The van der Waals surface area contributed by atoms with Crippen LogP contribution in [0.2, 0.25) is 0 Å². The van der Waals surface area contributed by atoms with Crippen LogP contribution in [-0.4, -0.2) is 18.2 Å². The Morgan fingerprint density at radius 1 is 1.29 bits per heavy atom. The molecule has 2 aromatic rings. The second-order valence-electron chi connectivity index (χ2n) is 6.29. The van der Waals surface area contributed by atoms with Crippen molar-refractivity contribution in [2.75, 3.05) is 0 Å². The molecular weight excluding hydrogens is 390 g/mol. The first-order chi connectivity index (χ1) is 11.5. The van der Waals surface area contributed by atoms with Crippen molar-refractivity contribution in [2.24, 2.45) is 0 Å². The lowest BCUT2D eigenvalue weighted by Gasteiger charge is -2.38. The summed E-state index contributed by atoms with van der Waals surface area (Å²) < 4.78 is 31.4. The van der Waals surface area contributed by atoms with Crippen LogP contribution in [0.25, 0.3) is 0 Å². The van der Waals surface area contributed by atoms with Crippen LogP contribution in [-0.2, 0) is 22.1 Å². The van der Waals surface area contributed by atoms with Gasteiger partial charge < -0.3 is 0 Å². The largest absolute Gasteiger partial charge is 0.272 e. The van der Waals surface area contributed by atoms with Gasteiger partial charge in [0.15, 0.2) is 0 Å². The minimum absolute atomic E-state index is 0.226. The Morgan fingerprint density at radius 3 is 2.67 bits per heavy atom. The van der Waals surface area contributed by atoms with Gasteiger partial charge in [-0.15, -0.1) is 0 Å². The standard InChI is InChI=1S/C17H22BrN3O2S/c1-2-21-13-16(12-19-21)24(22,23)20-17(9-4-3-5-10-17)14-7-6-8-15(18)11-14/h6-8,11-13,20H,2-5,9-10H2,1H3. The molecule has 1 aromatic heterocycles. The molecule has 130 valence electrons. The fourth-order valence-electron chi connectivity index (χ4n) is 3.36. The number of hydrogen-bond donors (Lipinski definition) is 1. The molecule has 0 aliphatic heterocycles. The highest BCUT2D eigenvalue weighted by molar-refractivity contribution is 9.10. The molecule has 0 atom stereocenters. The molecule has 0 amide bonds. The second-order valence-corrected chi connectivity index (χ2v) is 8.89. The van der Waals surface area contributed by atoms with Crippen molar-refractivity contribution in [3.8, 4) is 0 Å². The van der Waals surface area contributed by atoms with Crippen LogP contribution < -0.4 is 4.72 Å². The first-order valence-electron chi connectivity index (χ1n) is 8.28. The van der Waals surface area contributed by atoms with Crippen molar-refractivity contribution in [3.63, 3.8) is 0 Å². The summed E-state index contributed by atoms with van der Waals surface area (Å²) in [7, 11) is -3.62. The van der Waals surface area contributed by atoms with E-state index in [-0.39, 0.29) is 4.90 Å². The van der Waals surface area contributed by atoms with Gasteiger partial charge in [0.05, 0.1) is 11.7 Å². The monoisotopic (exact) mass is 411 g/mol. The van der Waals surface area contributed by atoms with Gasteiger partial charge in [-0.05, 0) is 37.5 Å². The third kappa shape index (κ3) is 3.58. The molecule has 0 unspecified atom stereocenters. The SMILES string of the molecule is CCn1cc(S(=O)(=O)NC2(c3cccc(Br)c3)CCCCC2)cn1. The molecule has 0 saturated heterocycles. The highest BCUT2D eigenvalue weighted by atomic mass is 79.9. The maximum atomic E-state index is 12.9. The molecule has 1 aromatic carbocycles. The number of benzene rings is 1. The van der Waals surface area contributed by atoms with E-state index in [9.17, 15) is 8.42 Å². The zero-order valence-electron chi connectivity index (χ0n) is 13.7. The summed E-state index contributed by atoms with van der Waals surface area (Å²) in [6.45, 7) is 2.58. The Hall–Kier alpha value is -1.18. The molecule has 1 N–H and O–H groups in total. The van der Waals surface area contributed by atoms with Crippen LogP contribution in [0.3, 0.4) is 0 Å². The first kappa shape index (κ1) is 17.6. The fraction of sp³-hybridized carbons (Fsp3) is 0.471. The van der Waals surface area contributed by atoms with E-state index in [4.69, 9.17) is 0 Å². The van der Waals surface area contributed by atoms with Crippen molar-refractivity contribution in [1.29, 1.82) is 0 Å². The molecule has 3 rings (SSSR count). The van der Waals surface area contributed by atoms with E-state index in [1.54, 1.807) is 10.9 Å². The predicted molar refractivity (Wildman–Crippen MR) is 97.1 cm³/mol. The van der Waals surface area contributed by atoms with Crippen LogP contribution in [0, 0.1) is 0 Å². The number of hydrogen-bond acceptors (Lipinski definition) is 3. The number of nitrogens with zero attached hydrogens (tertiary/aromatic N) is 2. The van der Waals surface area contributed by atoms with Crippen molar-refractivity contribution in [1.82, 2.24) is 14.5 Å². The van der Waals surface area contributed by atoms with Gasteiger partial charge in [0.1, 0.15) is 4.90 Å². The summed E-state index contributed by atoms with van der Waals surface area (Å²) >= 11 is 3.50. The normalized spacial score (nSPS) is 17.8. The van der Waals surface area contributed by atoms with Gasteiger partial charge in [0, 0.05) is 17.2 Å². The molecule has 0 spiro atoms. The average molecular weight is 412 g/mol. The van der Waals surface area contributed by atoms with Crippen molar-refractivity contribution in [3.05, 3.63) is 46.7 Å². The number of aromatic nitrogens is 2. The molecule has 0 radical (unpaired) electrons. The van der Waals surface area contributed by atoms with Gasteiger partial charge in [0.25, 0.3) is 0 Å². The zero-order valence-corrected chi connectivity index (χ0v) is 16.1. The number of aryl methyl sites for hydroxylation is 1. The van der Waals surface area contributed by atoms with Crippen LogP contribution in [0.4, 0.5) is 0 Å². The maximum absolute atomic E-state index is 12.9. The van der Waals surface area contributed by atoms with Crippen molar-refractivity contribution >= 4 is 26.0 Å². The summed E-state index contributed by atoms with van der Waals surface area (Å²) in [4.78, 5) is 0.226. The van der Waals surface area contributed by atoms with Crippen LogP contribution in [0.5, 0.6) is 0 Å². The highest BCUT2D eigenvalue weighted by Crippen LogP contribution is 2.39. The van der Waals surface area contributed by atoms with Gasteiger partial charge in [-0.25, -0.2) is 13.1 Å². The van der Waals surface area contributed by atoms with Gasteiger partial charge in [-0.2, -0.15) is 5.10 Å². The Morgan fingerprint density at radius 2 is 2.04 bits per heavy atom. The lowest BCUT2D eigenvalue weighted by Crippen LogP contribution is -2.47. The summed E-state index contributed by atoms with van der Waals surface area (Å²) in [6, 6.07) is 7.94. The third-order valence-electron chi connectivity index (χ3n) is 4.66. The molecule has 7 heteroatoms. The highest BCUT2D eigenvalue weighted by Gasteiger charge is 2.38. The van der Waals surface area contributed by atoms with E-state index in [2.05, 4.69) is 25.8 Å². The Labute approximate surface area is 151 Å². The van der Waals surface area contributed by atoms with Crippen molar-refractivity contribution < 1.29 is 8.42 Å². The zero-order chi connectivity index (χ0) is 17.2. The van der Waals surface area contributed by atoms with Gasteiger partial charge in [0.2, 0.25) is 10.0 Å². The van der Waals surface area contributed by atoms with Crippen LogP contribution in [0.1, 0.15) is 44.6 Å². The fourth-order valence-corrected chi connectivity index (χ4v) is 5.16. The number of sulfonamides is 1. The molecule has 0 bridgehead atoms. The second kappa shape index (κ2) is 6.98. The Bertz CT molecular complexity index is 811. The molecule has 24 heavy (non-hydrogen) atoms. The van der Waals surface area contributed by atoms with E-state index in [0.29, 0.717) is 6.54 Å². The Kier molecular flexibility index (Phi) is 5.13.